The van der Waals surface area contributed by atoms with Gasteiger partial charge in [0, 0.05) is 48.9 Å². The number of benzene rings is 1. The van der Waals surface area contributed by atoms with Gasteiger partial charge in [-0.2, -0.15) is 10.2 Å². The number of likely N-dealkylation sites (tertiary alicyclic amines) is 1. The Morgan fingerprint density at radius 3 is 2.59 bits per heavy atom. The van der Waals surface area contributed by atoms with Gasteiger partial charge in [0.15, 0.2) is 0 Å². The lowest BCUT2D eigenvalue weighted by molar-refractivity contribution is -0.127. The molecule has 8 heteroatoms. The van der Waals surface area contributed by atoms with Crippen LogP contribution in [-0.4, -0.2) is 53.4 Å². The summed E-state index contributed by atoms with van der Waals surface area (Å²) >= 11 is 0. The molecule has 1 aliphatic rings. The Morgan fingerprint density at radius 2 is 1.88 bits per heavy atom. The lowest BCUT2D eigenvalue weighted by atomic mass is 10.1. The van der Waals surface area contributed by atoms with E-state index in [9.17, 15) is 4.79 Å². The lowest BCUT2D eigenvalue weighted by Crippen LogP contribution is -2.38. The van der Waals surface area contributed by atoms with Crippen molar-refractivity contribution in [2.75, 3.05) is 13.1 Å². The van der Waals surface area contributed by atoms with Crippen LogP contribution in [0.2, 0.25) is 0 Å². The molecule has 8 nitrogen and oxygen atoms in total. The van der Waals surface area contributed by atoms with E-state index >= 15 is 0 Å². The summed E-state index contributed by atoms with van der Waals surface area (Å²) in [4.78, 5) is 23.0. The van der Waals surface area contributed by atoms with E-state index in [4.69, 9.17) is 5.10 Å². The predicted molar refractivity (Wildman–Crippen MR) is 121 cm³/mol. The highest BCUT2D eigenvalue weighted by Crippen LogP contribution is 2.25. The molecule has 0 N–H and O–H groups in total. The molecule has 1 fully saturated rings. The third kappa shape index (κ3) is 4.20. The zero-order valence-corrected chi connectivity index (χ0v) is 17.5. The fourth-order valence-electron chi connectivity index (χ4n) is 3.97. The molecule has 160 valence electrons. The van der Waals surface area contributed by atoms with Gasteiger partial charge in [0.1, 0.15) is 18.3 Å². The number of piperidine rings is 1. The zero-order valence-electron chi connectivity index (χ0n) is 17.5. The summed E-state index contributed by atoms with van der Waals surface area (Å²) in [5.41, 5.74) is 3.52. The maximum Gasteiger partial charge on any atom is 0.246 e. The van der Waals surface area contributed by atoms with Crippen molar-refractivity contribution in [3.63, 3.8) is 0 Å². The Balaban J connectivity index is 1.35. The average Bonchev–Trinajstić information content (AvgIpc) is 3.54. The molecular weight excluding hydrogens is 402 g/mol. The van der Waals surface area contributed by atoms with E-state index in [2.05, 4.69) is 15.1 Å². The number of nitrogens with zero attached hydrogens (tertiary/aromatic N) is 7. The summed E-state index contributed by atoms with van der Waals surface area (Å²) in [5.74, 6) is 0.00615. The van der Waals surface area contributed by atoms with E-state index in [1.54, 1.807) is 31.1 Å². The Morgan fingerprint density at radius 1 is 1.03 bits per heavy atom. The maximum atomic E-state index is 12.9. The van der Waals surface area contributed by atoms with Gasteiger partial charge in [0.05, 0.1) is 11.7 Å². The van der Waals surface area contributed by atoms with Crippen molar-refractivity contribution >= 4 is 12.0 Å². The third-order valence-electron chi connectivity index (χ3n) is 5.69. The Kier molecular flexibility index (Phi) is 5.57. The van der Waals surface area contributed by atoms with E-state index in [-0.39, 0.29) is 5.91 Å². The van der Waals surface area contributed by atoms with Gasteiger partial charge < -0.3 is 4.90 Å². The molecule has 0 saturated carbocycles. The number of para-hydroxylation sites is 1. The minimum absolute atomic E-state index is 0.00615. The van der Waals surface area contributed by atoms with Crippen LogP contribution >= 0.6 is 0 Å². The average molecular weight is 425 g/mol. The zero-order chi connectivity index (χ0) is 21.8. The van der Waals surface area contributed by atoms with Crippen molar-refractivity contribution in [1.29, 1.82) is 0 Å². The summed E-state index contributed by atoms with van der Waals surface area (Å²) in [6, 6.07) is 14.1. The van der Waals surface area contributed by atoms with Gasteiger partial charge in [-0.1, -0.05) is 18.2 Å². The molecule has 32 heavy (non-hydrogen) atoms. The van der Waals surface area contributed by atoms with Gasteiger partial charge in [-0.05, 0) is 43.2 Å². The Labute approximate surface area is 185 Å². The number of carbonyl (C=O) groups is 1. The first-order chi connectivity index (χ1) is 15.8. The van der Waals surface area contributed by atoms with Crippen LogP contribution in [0.25, 0.3) is 23.0 Å². The monoisotopic (exact) mass is 425 g/mol. The number of hydrogen-bond acceptors (Lipinski definition) is 5. The summed E-state index contributed by atoms with van der Waals surface area (Å²) < 4.78 is 3.71. The smallest absolute Gasteiger partial charge is 0.246 e. The quantitative estimate of drug-likeness (QED) is 0.458. The normalized spacial score (nSPS) is 14.8. The molecule has 0 radical (unpaired) electrons. The van der Waals surface area contributed by atoms with Crippen molar-refractivity contribution in [2.24, 2.45) is 0 Å². The van der Waals surface area contributed by atoms with Gasteiger partial charge in [-0.25, -0.2) is 14.3 Å². The van der Waals surface area contributed by atoms with Crippen LogP contribution in [0.1, 0.15) is 24.4 Å². The van der Waals surface area contributed by atoms with Crippen LogP contribution in [0.15, 0.2) is 79.8 Å². The van der Waals surface area contributed by atoms with E-state index < -0.39 is 0 Å². The minimum Gasteiger partial charge on any atom is -0.339 e. The number of carbonyl (C=O) groups excluding carboxylic acids is 1. The number of aromatic nitrogens is 6. The summed E-state index contributed by atoms with van der Waals surface area (Å²) in [6.07, 6.45) is 14.0. The second-order valence-electron chi connectivity index (χ2n) is 7.72. The van der Waals surface area contributed by atoms with Crippen molar-refractivity contribution in [1.82, 2.24) is 34.4 Å². The standard InChI is InChI=1S/C24H23N7O/c32-23(29-13-10-22(11-14-29)31-18-26-17-27-31)9-8-20-16-30(21-6-2-1-3-7-21)28-24(20)19-5-4-12-25-15-19/h1-9,12,15-18,22H,10-11,13-14H2/b9-8+. The van der Waals surface area contributed by atoms with E-state index in [1.807, 2.05) is 69.0 Å². The van der Waals surface area contributed by atoms with E-state index in [1.165, 1.54) is 0 Å². The molecule has 3 aromatic heterocycles. The first-order valence-corrected chi connectivity index (χ1v) is 10.6. The van der Waals surface area contributed by atoms with Crippen LogP contribution in [-0.2, 0) is 4.79 Å². The molecule has 0 unspecified atom stereocenters. The highest BCUT2D eigenvalue weighted by molar-refractivity contribution is 5.93. The second-order valence-corrected chi connectivity index (χ2v) is 7.72. The van der Waals surface area contributed by atoms with Crippen molar-refractivity contribution < 1.29 is 4.79 Å². The van der Waals surface area contributed by atoms with Crippen molar-refractivity contribution in [3.05, 3.63) is 85.3 Å². The minimum atomic E-state index is 0.00615. The summed E-state index contributed by atoms with van der Waals surface area (Å²) in [6.45, 7) is 1.40. The molecule has 0 atom stereocenters. The highest BCUT2D eigenvalue weighted by atomic mass is 16.2. The number of pyridine rings is 1. The van der Waals surface area contributed by atoms with Gasteiger partial charge in [0.2, 0.25) is 5.91 Å². The molecule has 0 aliphatic carbocycles. The molecule has 0 bridgehead atoms. The lowest BCUT2D eigenvalue weighted by Gasteiger charge is -2.31. The first kappa shape index (κ1) is 19.9. The van der Waals surface area contributed by atoms with Crippen LogP contribution in [0, 0.1) is 0 Å². The van der Waals surface area contributed by atoms with Gasteiger partial charge >= 0.3 is 0 Å². The maximum absolute atomic E-state index is 12.9. The summed E-state index contributed by atoms with van der Waals surface area (Å²) in [7, 11) is 0. The fraction of sp³-hybridized carbons (Fsp3) is 0.208. The Bertz CT molecular complexity index is 1190. The molecule has 1 saturated heterocycles. The summed E-state index contributed by atoms with van der Waals surface area (Å²) in [5, 5.41) is 8.99. The number of hydrogen-bond donors (Lipinski definition) is 0. The van der Waals surface area contributed by atoms with Crippen LogP contribution < -0.4 is 0 Å². The molecule has 4 heterocycles. The van der Waals surface area contributed by atoms with Crippen LogP contribution in [0.5, 0.6) is 0 Å². The van der Waals surface area contributed by atoms with Crippen molar-refractivity contribution in [3.8, 4) is 16.9 Å². The molecule has 1 aliphatic heterocycles. The largest absolute Gasteiger partial charge is 0.339 e. The van der Waals surface area contributed by atoms with E-state index in [0.717, 1.165) is 35.3 Å². The third-order valence-corrected chi connectivity index (χ3v) is 5.69. The molecule has 1 amide bonds. The van der Waals surface area contributed by atoms with Gasteiger partial charge in [0.25, 0.3) is 0 Å². The second kappa shape index (κ2) is 8.97. The fourth-order valence-corrected chi connectivity index (χ4v) is 3.97. The molecule has 0 spiro atoms. The topological polar surface area (TPSA) is 81.7 Å². The van der Waals surface area contributed by atoms with Crippen LogP contribution in [0.3, 0.4) is 0 Å². The van der Waals surface area contributed by atoms with Crippen molar-refractivity contribution in [2.45, 2.75) is 18.9 Å². The molecule has 4 aromatic rings. The molecule has 5 rings (SSSR count). The predicted octanol–water partition coefficient (Wildman–Crippen LogP) is 3.40. The van der Waals surface area contributed by atoms with Crippen LogP contribution in [0.4, 0.5) is 0 Å². The number of amides is 1. The van der Waals surface area contributed by atoms with Gasteiger partial charge in [-0.15, -0.1) is 0 Å². The molecular formula is C24H23N7O. The highest BCUT2D eigenvalue weighted by Gasteiger charge is 2.23. The number of rotatable bonds is 5. The SMILES string of the molecule is O=C(/C=C/c1cn(-c2ccccc2)nc1-c1cccnc1)N1CCC(n2cncn2)CC1. The molecule has 1 aromatic carbocycles. The first-order valence-electron chi connectivity index (χ1n) is 10.6. The van der Waals surface area contributed by atoms with E-state index in [0.29, 0.717) is 19.1 Å². The van der Waals surface area contributed by atoms with Gasteiger partial charge in [-0.3, -0.25) is 9.78 Å². The Hall–Kier alpha value is -4.07.